The Bertz CT molecular complexity index is 648. The minimum atomic E-state index is -0.315. The van der Waals surface area contributed by atoms with Crippen molar-refractivity contribution in [3.05, 3.63) is 70.9 Å². The Morgan fingerprint density at radius 3 is 2.78 bits per heavy atom. The molecule has 0 fully saturated rings. The average molecular weight is 425 g/mol. The Balaban J connectivity index is 3.06. The molecule has 0 unspecified atom stereocenters. The highest BCUT2D eigenvalue weighted by Gasteiger charge is 2.15. The van der Waals surface area contributed by atoms with E-state index >= 15 is 0 Å². The van der Waals surface area contributed by atoms with Gasteiger partial charge < -0.3 is 10.2 Å². The van der Waals surface area contributed by atoms with Gasteiger partial charge in [-0.2, -0.15) is 0 Å². The molecular formula is C18H21FIN3. The molecule has 0 bridgehead atoms. The van der Waals surface area contributed by atoms with Gasteiger partial charge in [-0.05, 0) is 35.3 Å². The first-order valence-electron chi connectivity index (χ1n) is 7.13. The smallest absolute Gasteiger partial charge is 0.156 e. The molecule has 1 N–H and O–H groups in total. The minimum absolute atomic E-state index is 0.315. The monoisotopic (exact) mass is 425 g/mol. The topological polar surface area (TPSA) is 27.6 Å². The SMILES string of the molecule is C=C(NC)c1cccc(N(CC)C(=C)/C=C/C=N/C=C\I)c1F. The van der Waals surface area contributed by atoms with E-state index in [2.05, 4.69) is 46.1 Å². The van der Waals surface area contributed by atoms with Crippen LogP contribution < -0.4 is 10.2 Å². The zero-order valence-corrected chi connectivity index (χ0v) is 15.5. The number of hydrogen-bond acceptors (Lipinski definition) is 3. The van der Waals surface area contributed by atoms with E-state index in [1.165, 1.54) is 0 Å². The van der Waals surface area contributed by atoms with Crippen LogP contribution in [0.1, 0.15) is 12.5 Å². The van der Waals surface area contributed by atoms with E-state index in [-0.39, 0.29) is 5.82 Å². The van der Waals surface area contributed by atoms with E-state index in [0.717, 1.165) is 0 Å². The number of allylic oxidation sites excluding steroid dienone is 2. The molecule has 0 aliphatic heterocycles. The van der Waals surface area contributed by atoms with Crippen LogP contribution in [0.25, 0.3) is 5.70 Å². The molecule has 23 heavy (non-hydrogen) atoms. The third-order valence-corrected chi connectivity index (χ3v) is 3.48. The number of benzene rings is 1. The Hall–Kier alpha value is -1.89. The summed E-state index contributed by atoms with van der Waals surface area (Å²) >= 11 is 2.09. The van der Waals surface area contributed by atoms with Crippen LogP contribution in [0.3, 0.4) is 0 Å². The molecule has 0 radical (unpaired) electrons. The Labute approximate surface area is 151 Å². The summed E-state index contributed by atoms with van der Waals surface area (Å²) in [5.74, 6) is -0.315. The fraction of sp³-hybridized carbons (Fsp3) is 0.167. The van der Waals surface area contributed by atoms with Gasteiger partial charge in [0.15, 0.2) is 5.82 Å². The molecule has 0 saturated heterocycles. The highest BCUT2D eigenvalue weighted by Crippen LogP contribution is 2.27. The number of nitrogens with one attached hydrogen (secondary N) is 1. The van der Waals surface area contributed by atoms with E-state index in [0.29, 0.717) is 29.2 Å². The average Bonchev–Trinajstić information content (AvgIpc) is 2.56. The van der Waals surface area contributed by atoms with Crippen molar-refractivity contribution in [2.24, 2.45) is 4.99 Å². The van der Waals surface area contributed by atoms with Gasteiger partial charge in [0.2, 0.25) is 0 Å². The summed E-state index contributed by atoms with van der Waals surface area (Å²) in [6, 6.07) is 5.24. The molecule has 1 rings (SSSR count). The second-order valence-electron chi connectivity index (χ2n) is 4.54. The lowest BCUT2D eigenvalue weighted by molar-refractivity contribution is 0.619. The van der Waals surface area contributed by atoms with Crippen LogP contribution in [0.2, 0.25) is 0 Å². The predicted molar refractivity (Wildman–Crippen MR) is 107 cm³/mol. The van der Waals surface area contributed by atoms with Crippen LogP contribution in [0.5, 0.6) is 0 Å². The second kappa shape index (κ2) is 9.99. The standard InChI is InChI=1S/C18H21FIN3/c1-5-23(14(2)8-7-12-22-13-11-20)17-10-6-9-16(18(17)19)15(3)21-4/h6-13,21H,2-3,5H2,1,4H3/b8-7+,13-11-,22-12+. The Morgan fingerprint density at radius 2 is 2.17 bits per heavy atom. The van der Waals surface area contributed by atoms with Gasteiger partial charge >= 0.3 is 0 Å². The second-order valence-corrected chi connectivity index (χ2v) is 5.25. The molecule has 0 saturated carbocycles. The Kier molecular flexibility index (Phi) is 8.32. The maximum Gasteiger partial charge on any atom is 0.156 e. The van der Waals surface area contributed by atoms with Gasteiger partial charge in [-0.15, -0.1) is 0 Å². The van der Waals surface area contributed by atoms with E-state index in [4.69, 9.17) is 0 Å². The van der Waals surface area contributed by atoms with Crippen LogP contribution in [0, 0.1) is 5.82 Å². The quantitative estimate of drug-likeness (QED) is 0.365. The molecule has 0 spiro atoms. The highest BCUT2D eigenvalue weighted by atomic mass is 127. The molecule has 0 heterocycles. The maximum atomic E-state index is 14.8. The van der Waals surface area contributed by atoms with Gasteiger partial charge in [0.1, 0.15) is 0 Å². The summed E-state index contributed by atoms with van der Waals surface area (Å²) in [4.78, 5) is 5.84. The third-order valence-electron chi connectivity index (χ3n) is 3.16. The summed E-state index contributed by atoms with van der Waals surface area (Å²) < 4.78 is 16.6. The van der Waals surface area contributed by atoms with Crippen molar-refractivity contribution in [3.8, 4) is 0 Å². The summed E-state index contributed by atoms with van der Waals surface area (Å²) in [7, 11) is 1.72. The molecule has 3 nitrogen and oxygen atoms in total. The summed E-state index contributed by atoms with van der Waals surface area (Å²) in [6.07, 6.45) is 6.91. The minimum Gasteiger partial charge on any atom is -0.388 e. The van der Waals surface area contributed by atoms with Gasteiger partial charge in [-0.1, -0.05) is 41.8 Å². The van der Waals surface area contributed by atoms with Gasteiger partial charge in [-0.3, -0.25) is 4.99 Å². The van der Waals surface area contributed by atoms with E-state index < -0.39 is 0 Å². The summed E-state index contributed by atoms with van der Waals surface area (Å²) in [6.45, 7) is 10.4. The number of nitrogens with zero attached hydrogens (tertiary/aromatic N) is 2. The number of hydrogen-bond donors (Lipinski definition) is 1. The van der Waals surface area contributed by atoms with Gasteiger partial charge in [-0.25, -0.2) is 4.39 Å². The lowest BCUT2D eigenvalue weighted by Crippen LogP contribution is -2.22. The molecular weight excluding hydrogens is 404 g/mol. The molecule has 1 aromatic rings. The van der Waals surface area contributed by atoms with Crippen molar-refractivity contribution in [3.63, 3.8) is 0 Å². The zero-order valence-electron chi connectivity index (χ0n) is 13.4. The van der Waals surface area contributed by atoms with E-state index in [1.54, 1.807) is 48.6 Å². The number of rotatable bonds is 8. The van der Waals surface area contributed by atoms with Crippen molar-refractivity contribution in [1.82, 2.24) is 5.32 Å². The molecule has 0 aliphatic carbocycles. The first-order chi connectivity index (χ1) is 11.1. The summed E-state index contributed by atoms with van der Waals surface area (Å²) in [5, 5.41) is 2.88. The normalized spacial score (nSPS) is 11.5. The van der Waals surface area contributed by atoms with Crippen LogP contribution in [-0.2, 0) is 0 Å². The van der Waals surface area contributed by atoms with Crippen molar-refractivity contribution in [1.29, 1.82) is 0 Å². The number of likely N-dealkylation sites (N-methyl/N-ethyl adjacent to an activating group) is 1. The highest BCUT2D eigenvalue weighted by molar-refractivity contribution is 14.1. The molecule has 1 aromatic carbocycles. The van der Waals surface area contributed by atoms with Crippen molar-refractivity contribution in [2.75, 3.05) is 18.5 Å². The van der Waals surface area contributed by atoms with Crippen LogP contribution >= 0.6 is 22.6 Å². The summed E-state index contributed by atoms with van der Waals surface area (Å²) in [5.41, 5.74) is 2.15. The number of aliphatic imine (C=N–C) groups is 1. The zero-order chi connectivity index (χ0) is 17.2. The lowest BCUT2D eigenvalue weighted by atomic mass is 10.1. The molecule has 0 atom stereocenters. The molecule has 122 valence electrons. The van der Waals surface area contributed by atoms with Crippen LogP contribution in [-0.4, -0.2) is 19.8 Å². The molecule has 0 amide bonds. The molecule has 5 heteroatoms. The number of halogens is 2. The third kappa shape index (κ3) is 5.35. The first kappa shape index (κ1) is 19.2. The van der Waals surface area contributed by atoms with Crippen molar-refractivity contribution >= 4 is 40.2 Å². The molecule has 0 aliphatic rings. The maximum absolute atomic E-state index is 14.8. The lowest BCUT2D eigenvalue weighted by Gasteiger charge is -2.25. The van der Waals surface area contributed by atoms with Crippen molar-refractivity contribution < 1.29 is 4.39 Å². The van der Waals surface area contributed by atoms with Gasteiger partial charge in [0.05, 0.1) is 5.69 Å². The fourth-order valence-electron chi connectivity index (χ4n) is 2.00. The molecule has 0 aromatic heterocycles. The number of anilines is 1. The van der Waals surface area contributed by atoms with Crippen LogP contribution in [0.15, 0.2) is 64.5 Å². The van der Waals surface area contributed by atoms with E-state index in [9.17, 15) is 4.39 Å². The van der Waals surface area contributed by atoms with Crippen molar-refractivity contribution in [2.45, 2.75) is 6.92 Å². The largest absolute Gasteiger partial charge is 0.388 e. The van der Waals surface area contributed by atoms with E-state index in [1.807, 2.05) is 17.1 Å². The Morgan fingerprint density at radius 1 is 1.43 bits per heavy atom. The predicted octanol–water partition coefficient (Wildman–Crippen LogP) is 4.89. The van der Waals surface area contributed by atoms with Crippen LogP contribution in [0.4, 0.5) is 10.1 Å². The van der Waals surface area contributed by atoms with Gasteiger partial charge in [0.25, 0.3) is 0 Å². The first-order valence-corrected chi connectivity index (χ1v) is 8.38. The van der Waals surface area contributed by atoms with Gasteiger partial charge in [0, 0.05) is 43.0 Å². The fourth-order valence-corrected chi connectivity index (χ4v) is 2.19.